The molecule has 3 aromatic carbocycles. The van der Waals surface area contributed by atoms with Gasteiger partial charge in [-0.2, -0.15) is 0 Å². The zero-order valence-corrected chi connectivity index (χ0v) is 14.3. The lowest BCUT2D eigenvalue weighted by molar-refractivity contribution is 1.26. The largest absolute Gasteiger partial charge is 0.310 e. The second-order valence-electron chi connectivity index (χ2n) is 5.49. The van der Waals surface area contributed by atoms with Crippen molar-refractivity contribution in [2.45, 2.75) is 13.8 Å². The fourth-order valence-corrected chi connectivity index (χ4v) is 2.98. The number of aryl methyl sites for hydroxylation is 2. The minimum Gasteiger partial charge on any atom is -0.310 e. The van der Waals surface area contributed by atoms with Crippen molar-refractivity contribution in [1.29, 1.82) is 0 Å². The van der Waals surface area contributed by atoms with Crippen molar-refractivity contribution < 1.29 is 0 Å². The number of rotatable bonds is 3. The lowest BCUT2D eigenvalue weighted by Gasteiger charge is -2.26. The van der Waals surface area contributed by atoms with Gasteiger partial charge in [-0.15, -0.1) is 0 Å². The van der Waals surface area contributed by atoms with E-state index in [0.29, 0.717) is 0 Å². The number of hydrogen-bond acceptors (Lipinski definition) is 1. The van der Waals surface area contributed by atoms with E-state index in [0.717, 1.165) is 10.2 Å². The van der Waals surface area contributed by atoms with Crippen LogP contribution in [0.2, 0.25) is 0 Å². The molecule has 0 heterocycles. The third-order valence-corrected chi connectivity index (χ3v) is 4.08. The van der Waals surface area contributed by atoms with E-state index in [-0.39, 0.29) is 0 Å². The summed E-state index contributed by atoms with van der Waals surface area (Å²) in [6.07, 6.45) is 0. The summed E-state index contributed by atoms with van der Waals surface area (Å²) in [6, 6.07) is 25.6. The highest BCUT2D eigenvalue weighted by molar-refractivity contribution is 9.10. The molecule has 0 amide bonds. The van der Waals surface area contributed by atoms with Crippen molar-refractivity contribution in [2.24, 2.45) is 0 Å². The normalized spacial score (nSPS) is 10.5. The molecular weight excluding hydrogens is 334 g/mol. The lowest BCUT2D eigenvalue weighted by atomic mass is 10.1. The average Bonchev–Trinajstić information content (AvgIpc) is 2.48. The van der Waals surface area contributed by atoms with E-state index in [9.17, 15) is 0 Å². The van der Waals surface area contributed by atoms with Crippen molar-refractivity contribution in [2.75, 3.05) is 4.90 Å². The van der Waals surface area contributed by atoms with E-state index in [4.69, 9.17) is 0 Å². The second-order valence-corrected chi connectivity index (χ2v) is 6.41. The van der Waals surface area contributed by atoms with Crippen molar-refractivity contribution in [1.82, 2.24) is 0 Å². The molecule has 0 aromatic heterocycles. The molecule has 2 heteroatoms. The van der Waals surface area contributed by atoms with Crippen LogP contribution in [0.3, 0.4) is 0 Å². The number of hydrogen-bond donors (Lipinski definition) is 0. The summed E-state index contributed by atoms with van der Waals surface area (Å²) in [6.45, 7) is 4.25. The third kappa shape index (κ3) is 3.23. The highest BCUT2D eigenvalue weighted by Crippen LogP contribution is 2.36. The smallest absolute Gasteiger partial charge is 0.0472 e. The summed E-state index contributed by atoms with van der Waals surface area (Å²) in [7, 11) is 0. The van der Waals surface area contributed by atoms with Gasteiger partial charge >= 0.3 is 0 Å². The predicted octanol–water partition coefficient (Wildman–Crippen LogP) is 6.54. The van der Waals surface area contributed by atoms with Crippen LogP contribution >= 0.6 is 15.9 Å². The highest BCUT2D eigenvalue weighted by Gasteiger charge is 2.12. The van der Waals surface area contributed by atoms with Crippen LogP contribution < -0.4 is 4.90 Å². The minimum absolute atomic E-state index is 1.08. The molecule has 0 unspecified atom stereocenters. The summed E-state index contributed by atoms with van der Waals surface area (Å²) >= 11 is 3.58. The van der Waals surface area contributed by atoms with Crippen LogP contribution in [0.1, 0.15) is 11.1 Å². The summed E-state index contributed by atoms with van der Waals surface area (Å²) in [5.41, 5.74) is 5.99. The van der Waals surface area contributed by atoms with E-state index < -0.39 is 0 Å². The molecular formula is C20H18BrN. The summed E-state index contributed by atoms with van der Waals surface area (Å²) in [4.78, 5) is 2.28. The molecule has 3 aromatic rings. The number of benzene rings is 3. The van der Waals surface area contributed by atoms with Gasteiger partial charge in [-0.25, -0.2) is 0 Å². The molecule has 0 aliphatic carbocycles. The van der Waals surface area contributed by atoms with E-state index in [1.165, 1.54) is 22.5 Å². The van der Waals surface area contributed by atoms with Crippen LogP contribution in [0.4, 0.5) is 17.1 Å². The van der Waals surface area contributed by atoms with Gasteiger partial charge < -0.3 is 4.90 Å². The van der Waals surface area contributed by atoms with Crippen LogP contribution in [-0.4, -0.2) is 0 Å². The number of halogens is 1. The van der Waals surface area contributed by atoms with Gasteiger partial charge in [0.1, 0.15) is 0 Å². The zero-order valence-electron chi connectivity index (χ0n) is 12.8. The van der Waals surface area contributed by atoms with Gasteiger partial charge in [0.25, 0.3) is 0 Å². The monoisotopic (exact) mass is 351 g/mol. The molecule has 0 saturated carbocycles. The van der Waals surface area contributed by atoms with Gasteiger partial charge in [-0.3, -0.25) is 0 Å². The molecule has 0 spiro atoms. The van der Waals surface area contributed by atoms with Crippen LogP contribution in [-0.2, 0) is 0 Å². The van der Waals surface area contributed by atoms with Crippen molar-refractivity contribution in [3.63, 3.8) is 0 Å². The average molecular weight is 352 g/mol. The van der Waals surface area contributed by atoms with Gasteiger partial charge in [0.2, 0.25) is 0 Å². The Morgan fingerprint density at radius 1 is 0.636 bits per heavy atom. The van der Waals surface area contributed by atoms with E-state index >= 15 is 0 Å². The molecule has 0 fully saturated rings. The van der Waals surface area contributed by atoms with Crippen molar-refractivity contribution in [3.05, 3.63) is 88.4 Å². The molecule has 22 heavy (non-hydrogen) atoms. The van der Waals surface area contributed by atoms with Gasteiger partial charge in [-0.05, 0) is 67.4 Å². The fourth-order valence-electron chi connectivity index (χ4n) is 2.60. The summed E-state index contributed by atoms with van der Waals surface area (Å²) in [5, 5.41) is 0. The van der Waals surface area contributed by atoms with Crippen LogP contribution in [0.25, 0.3) is 0 Å². The Morgan fingerprint density at radius 3 is 1.55 bits per heavy atom. The molecule has 0 aliphatic heterocycles. The molecule has 0 bridgehead atoms. The van der Waals surface area contributed by atoms with Crippen LogP contribution in [0, 0.1) is 13.8 Å². The minimum atomic E-state index is 1.08. The molecule has 0 aliphatic rings. The lowest BCUT2D eigenvalue weighted by Crippen LogP contribution is -2.10. The molecule has 0 saturated heterocycles. The fraction of sp³-hybridized carbons (Fsp3) is 0.100. The highest BCUT2D eigenvalue weighted by atomic mass is 79.9. The first-order valence-electron chi connectivity index (χ1n) is 7.32. The maximum absolute atomic E-state index is 3.58. The Morgan fingerprint density at radius 2 is 1.09 bits per heavy atom. The van der Waals surface area contributed by atoms with Crippen LogP contribution in [0.15, 0.2) is 77.3 Å². The SMILES string of the molecule is Cc1cccc(N(c2cccc(C)c2)c2cccc(Br)c2)c1. The first-order valence-corrected chi connectivity index (χ1v) is 8.12. The Bertz CT molecular complexity index is 687. The number of nitrogens with zero attached hydrogens (tertiary/aromatic N) is 1. The maximum Gasteiger partial charge on any atom is 0.0472 e. The van der Waals surface area contributed by atoms with Gasteiger partial charge in [0, 0.05) is 21.5 Å². The molecule has 0 atom stereocenters. The van der Waals surface area contributed by atoms with E-state index in [2.05, 4.69) is 101 Å². The summed E-state index contributed by atoms with van der Waals surface area (Å²) in [5.74, 6) is 0. The van der Waals surface area contributed by atoms with E-state index in [1.807, 2.05) is 6.07 Å². The van der Waals surface area contributed by atoms with Crippen molar-refractivity contribution >= 4 is 33.0 Å². The Balaban J connectivity index is 2.18. The Hall–Kier alpha value is -2.06. The maximum atomic E-state index is 3.58. The molecule has 1 nitrogen and oxygen atoms in total. The predicted molar refractivity (Wildman–Crippen MR) is 98.3 cm³/mol. The third-order valence-electron chi connectivity index (χ3n) is 3.59. The molecule has 0 radical (unpaired) electrons. The number of anilines is 3. The summed E-state index contributed by atoms with van der Waals surface area (Å²) < 4.78 is 1.08. The van der Waals surface area contributed by atoms with E-state index in [1.54, 1.807) is 0 Å². The molecule has 110 valence electrons. The molecule has 0 N–H and O–H groups in total. The first-order chi connectivity index (χ1) is 10.6. The zero-order chi connectivity index (χ0) is 15.5. The van der Waals surface area contributed by atoms with Gasteiger partial charge in [0.15, 0.2) is 0 Å². The Kier molecular flexibility index (Phi) is 4.30. The first kappa shape index (κ1) is 14.9. The van der Waals surface area contributed by atoms with Gasteiger partial charge in [-0.1, -0.05) is 46.3 Å². The molecule has 3 rings (SSSR count). The van der Waals surface area contributed by atoms with Crippen LogP contribution in [0.5, 0.6) is 0 Å². The standard InChI is InChI=1S/C20H18BrN/c1-15-6-3-9-18(12-15)22(19-10-4-7-16(2)13-19)20-11-5-8-17(21)14-20/h3-14H,1-2H3. The topological polar surface area (TPSA) is 3.24 Å². The Labute approximate surface area is 140 Å². The quantitative estimate of drug-likeness (QED) is 0.518. The van der Waals surface area contributed by atoms with Crippen molar-refractivity contribution in [3.8, 4) is 0 Å². The second kappa shape index (κ2) is 6.37. The van der Waals surface area contributed by atoms with Gasteiger partial charge in [0.05, 0.1) is 0 Å².